The van der Waals surface area contributed by atoms with E-state index in [1.807, 2.05) is 0 Å². The van der Waals surface area contributed by atoms with E-state index in [1.165, 1.54) is 257 Å². The first-order chi connectivity index (χ1) is 48.5. The van der Waals surface area contributed by atoms with Crippen molar-refractivity contribution in [2.75, 3.05) is 39.6 Å². The molecule has 594 valence electrons. The highest BCUT2D eigenvalue weighted by atomic mass is 31.2. The maximum absolute atomic E-state index is 13.1. The van der Waals surface area contributed by atoms with Crippen molar-refractivity contribution < 1.29 is 80.2 Å². The highest BCUT2D eigenvalue weighted by Gasteiger charge is 2.30. The van der Waals surface area contributed by atoms with Gasteiger partial charge in [0.15, 0.2) is 12.2 Å². The molecule has 0 aromatic heterocycles. The summed E-state index contributed by atoms with van der Waals surface area (Å²) in [6.07, 6.45) is 65.3. The number of rotatable bonds is 81. The lowest BCUT2D eigenvalue weighted by Gasteiger charge is -2.21. The number of phosphoric acid groups is 2. The normalized spacial score (nSPS) is 13.8. The first-order valence-corrected chi connectivity index (χ1v) is 45.1. The largest absolute Gasteiger partial charge is 0.472 e. The molecule has 0 saturated heterocycles. The van der Waals surface area contributed by atoms with Gasteiger partial charge in [0, 0.05) is 25.7 Å². The molecule has 3 N–H and O–H groups in total. The molecule has 0 aliphatic rings. The quantitative estimate of drug-likeness (QED) is 0.0222. The smallest absolute Gasteiger partial charge is 0.462 e. The third-order valence-corrected chi connectivity index (χ3v) is 20.9. The molecule has 0 fully saturated rings. The third kappa shape index (κ3) is 74.3. The predicted molar refractivity (Wildman–Crippen MR) is 409 cm³/mol. The minimum absolute atomic E-state index is 0.107. The Labute approximate surface area is 613 Å². The molecular weight excluding hydrogens is 1310 g/mol. The summed E-state index contributed by atoms with van der Waals surface area (Å²) in [6.45, 7) is 7.31. The van der Waals surface area contributed by atoms with Gasteiger partial charge >= 0.3 is 39.5 Å². The Bertz CT molecular complexity index is 1910. The molecule has 0 radical (unpaired) electrons. The minimum atomic E-state index is -4.96. The van der Waals surface area contributed by atoms with Crippen molar-refractivity contribution in [2.24, 2.45) is 5.92 Å². The number of ether oxygens (including phenoxy) is 4. The molecule has 2 unspecified atom stereocenters. The number of phosphoric ester groups is 2. The molecule has 0 aromatic carbocycles. The van der Waals surface area contributed by atoms with E-state index in [-0.39, 0.29) is 25.7 Å². The van der Waals surface area contributed by atoms with Gasteiger partial charge in [-0.05, 0) is 31.6 Å². The zero-order chi connectivity index (χ0) is 73.4. The summed E-state index contributed by atoms with van der Waals surface area (Å²) in [4.78, 5) is 73.0. The van der Waals surface area contributed by atoms with E-state index in [0.717, 1.165) is 95.8 Å². The second-order valence-electron chi connectivity index (χ2n) is 29.6. The average Bonchev–Trinajstić information content (AvgIpc) is 0.934. The standard InChI is InChI=1S/C81H158O17P2/c1-6-9-12-15-18-21-24-26-28-29-30-31-32-33-34-36-38-40-46-51-56-61-66-80(85)97-77(71-92-79(84)65-60-55-50-45-39-37-35-27-25-22-19-16-13-10-7-2)73-96-100(89,90)94-69-75(82)68-93-99(87,88)95-72-76(70-91-78(83)64-59-54-49-44-23-20-17-14-11-8-3)98-81(86)67-62-57-52-47-42-41-43-48-53-58-63-74(4)5/h74-77,82H,6-73H2,1-5H3,(H,87,88)(H,89,90)/t75-,76+,77+/m0/s1. The lowest BCUT2D eigenvalue weighted by atomic mass is 10.0. The third-order valence-electron chi connectivity index (χ3n) is 19.0. The van der Waals surface area contributed by atoms with Gasteiger partial charge in [-0.1, -0.05) is 381 Å². The number of hydrogen-bond acceptors (Lipinski definition) is 15. The summed E-state index contributed by atoms with van der Waals surface area (Å²) >= 11 is 0. The molecule has 0 bridgehead atoms. The van der Waals surface area contributed by atoms with Crippen molar-refractivity contribution in [2.45, 2.75) is 451 Å². The van der Waals surface area contributed by atoms with Gasteiger partial charge in [0.25, 0.3) is 0 Å². The number of hydrogen-bond donors (Lipinski definition) is 3. The molecule has 0 amide bonds. The zero-order valence-corrected chi connectivity index (χ0v) is 67.1. The van der Waals surface area contributed by atoms with E-state index in [0.29, 0.717) is 25.7 Å². The molecule has 0 spiro atoms. The van der Waals surface area contributed by atoms with Crippen LogP contribution in [0.2, 0.25) is 0 Å². The monoisotopic (exact) mass is 1470 g/mol. The highest BCUT2D eigenvalue weighted by Crippen LogP contribution is 2.45. The Hall–Kier alpha value is -1.94. The fraction of sp³-hybridized carbons (Fsp3) is 0.951. The Morgan fingerprint density at radius 3 is 0.680 bits per heavy atom. The van der Waals surface area contributed by atoms with E-state index in [1.54, 1.807) is 0 Å². The topological polar surface area (TPSA) is 237 Å². The van der Waals surface area contributed by atoms with Gasteiger partial charge < -0.3 is 33.8 Å². The van der Waals surface area contributed by atoms with Gasteiger partial charge in [-0.2, -0.15) is 0 Å². The van der Waals surface area contributed by atoms with Crippen molar-refractivity contribution in [3.63, 3.8) is 0 Å². The summed E-state index contributed by atoms with van der Waals surface area (Å²) in [5, 5.41) is 10.6. The summed E-state index contributed by atoms with van der Waals surface area (Å²) in [6, 6.07) is 0. The predicted octanol–water partition coefficient (Wildman–Crippen LogP) is 24.4. The van der Waals surface area contributed by atoms with Crippen LogP contribution in [0, 0.1) is 5.92 Å². The lowest BCUT2D eigenvalue weighted by molar-refractivity contribution is -0.161. The summed E-state index contributed by atoms with van der Waals surface area (Å²) < 4.78 is 68.7. The van der Waals surface area contributed by atoms with E-state index >= 15 is 0 Å². The fourth-order valence-electron chi connectivity index (χ4n) is 12.6. The SMILES string of the molecule is CCCCCCCCCCCCCCCCCCCCCCCCC(=O)O[C@H](COC(=O)CCCCCCCCCCCCCCCCC)COP(=O)(O)OC[C@@H](O)COP(=O)(O)OC[C@@H](COC(=O)CCCCCCCCCCCC)OC(=O)CCCCCCCCCCCCC(C)C. The van der Waals surface area contributed by atoms with Crippen molar-refractivity contribution in [3.05, 3.63) is 0 Å². The molecule has 0 aromatic rings. The number of aliphatic hydroxyl groups excluding tert-OH is 1. The molecule has 0 rings (SSSR count). The van der Waals surface area contributed by atoms with Crippen LogP contribution in [-0.4, -0.2) is 96.7 Å². The molecule has 19 heteroatoms. The first kappa shape index (κ1) is 98.1. The van der Waals surface area contributed by atoms with E-state index in [2.05, 4.69) is 34.6 Å². The Morgan fingerprint density at radius 1 is 0.270 bits per heavy atom. The molecule has 0 aliphatic carbocycles. The number of esters is 4. The van der Waals surface area contributed by atoms with Crippen LogP contribution >= 0.6 is 15.6 Å². The maximum atomic E-state index is 13.1. The van der Waals surface area contributed by atoms with Crippen LogP contribution in [-0.2, 0) is 65.4 Å². The van der Waals surface area contributed by atoms with Crippen LogP contribution in [0.3, 0.4) is 0 Å². The van der Waals surface area contributed by atoms with E-state index in [4.69, 9.17) is 37.0 Å². The Kier molecular flexibility index (Phi) is 72.5. The van der Waals surface area contributed by atoms with E-state index < -0.39 is 97.5 Å². The average molecular weight is 1470 g/mol. The Balaban J connectivity index is 5.20. The van der Waals surface area contributed by atoms with Crippen LogP contribution in [0.25, 0.3) is 0 Å². The van der Waals surface area contributed by atoms with Crippen LogP contribution in [0.4, 0.5) is 0 Å². The number of unbranched alkanes of at least 4 members (excludes halogenated alkanes) is 53. The minimum Gasteiger partial charge on any atom is -0.462 e. The molecule has 100 heavy (non-hydrogen) atoms. The van der Waals surface area contributed by atoms with Gasteiger partial charge in [-0.25, -0.2) is 9.13 Å². The second-order valence-corrected chi connectivity index (χ2v) is 32.5. The van der Waals surface area contributed by atoms with Gasteiger partial charge in [0.05, 0.1) is 26.4 Å². The number of carbonyl (C=O) groups excluding carboxylic acids is 4. The second kappa shape index (κ2) is 73.9. The van der Waals surface area contributed by atoms with Gasteiger partial charge in [-0.3, -0.25) is 37.3 Å². The Morgan fingerprint density at radius 2 is 0.460 bits per heavy atom. The van der Waals surface area contributed by atoms with Crippen molar-refractivity contribution >= 4 is 39.5 Å². The highest BCUT2D eigenvalue weighted by molar-refractivity contribution is 7.47. The maximum Gasteiger partial charge on any atom is 0.472 e. The number of aliphatic hydroxyl groups is 1. The lowest BCUT2D eigenvalue weighted by Crippen LogP contribution is -2.30. The fourth-order valence-corrected chi connectivity index (χ4v) is 14.2. The van der Waals surface area contributed by atoms with Gasteiger partial charge in [0.1, 0.15) is 19.3 Å². The summed E-state index contributed by atoms with van der Waals surface area (Å²) in [5.41, 5.74) is 0. The van der Waals surface area contributed by atoms with Crippen LogP contribution < -0.4 is 0 Å². The van der Waals surface area contributed by atoms with Crippen LogP contribution in [0.5, 0.6) is 0 Å². The molecule has 0 heterocycles. The summed E-state index contributed by atoms with van der Waals surface area (Å²) in [5.74, 6) is -1.36. The summed E-state index contributed by atoms with van der Waals surface area (Å²) in [7, 11) is -9.92. The molecule has 0 saturated carbocycles. The van der Waals surface area contributed by atoms with Crippen molar-refractivity contribution in [1.29, 1.82) is 0 Å². The van der Waals surface area contributed by atoms with Crippen molar-refractivity contribution in [3.8, 4) is 0 Å². The molecule has 5 atom stereocenters. The molecular formula is C81H158O17P2. The number of carbonyl (C=O) groups is 4. The van der Waals surface area contributed by atoms with Crippen LogP contribution in [0.15, 0.2) is 0 Å². The molecule has 17 nitrogen and oxygen atoms in total. The van der Waals surface area contributed by atoms with E-state index in [9.17, 15) is 43.2 Å². The van der Waals surface area contributed by atoms with Gasteiger partial charge in [-0.15, -0.1) is 0 Å². The van der Waals surface area contributed by atoms with Crippen LogP contribution in [0.1, 0.15) is 433 Å². The van der Waals surface area contributed by atoms with Crippen molar-refractivity contribution in [1.82, 2.24) is 0 Å². The zero-order valence-electron chi connectivity index (χ0n) is 65.3. The molecule has 0 aliphatic heterocycles. The first-order valence-electron chi connectivity index (χ1n) is 42.1. The van der Waals surface area contributed by atoms with Gasteiger partial charge in [0.2, 0.25) is 0 Å².